The first kappa shape index (κ1) is 39.2. The van der Waals surface area contributed by atoms with Crippen LogP contribution in [-0.4, -0.2) is 63.1 Å². The molecule has 258 valence electrons. The van der Waals surface area contributed by atoms with Crippen molar-refractivity contribution < 1.29 is 34.2 Å². The lowest BCUT2D eigenvalue weighted by Gasteiger charge is -2.22. The molecule has 13 heteroatoms. The maximum Gasteiger partial charge on any atom is 0.327 e. The summed E-state index contributed by atoms with van der Waals surface area (Å²) in [5, 5.41) is 33.3. The predicted octanol–water partition coefficient (Wildman–Crippen LogP) is 3.93. The van der Waals surface area contributed by atoms with Crippen LogP contribution >= 0.6 is 12.2 Å². The van der Waals surface area contributed by atoms with Gasteiger partial charge in [-0.05, 0) is 59.8 Å². The number of carboxylic acid groups (broad SMARTS) is 2. The number of rotatable bonds is 15. The van der Waals surface area contributed by atoms with E-state index in [1.807, 2.05) is 65.0 Å². The van der Waals surface area contributed by atoms with E-state index in [1.54, 1.807) is 24.3 Å². The zero-order valence-electron chi connectivity index (χ0n) is 27.9. The van der Waals surface area contributed by atoms with E-state index in [-0.39, 0.29) is 43.4 Å². The highest BCUT2D eigenvalue weighted by Crippen LogP contribution is 2.18. The maximum atomic E-state index is 13.1. The van der Waals surface area contributed by atoms with Crippen LogP contribution in [0.25, 0.3) is 0 Å². The molecule has 2 aromatic carbocycles. The van der Waals surface area contributed by atoms with E-state index < -0.39 is 47.8 Å². The Morgan fingerprint density at radius 3 is 1.73 bits per heavy atom. The van der Waals surface area contributed by atoms with Crippen molar-refractivity contribution in [2.24, 2.45) is 11.3 Å². The molecular formula is C35H45N5O7S. The van der Waals surface area contributed by atoms with Gasteiger partial charge in [0.25, 0.3) is 0 Å². The van der Waals surface area contributed by atoms with Gasteiger partial charge in [0.15, 0.2) is 5.11 Å². The third kappa shape index (κ3) is 15.6. The summed E-state index contributed by atoms with van der Waals surface area (Å²) < 4.78 is 0. The van der Waals surface area contributed by atoms with Gasteiger partial charge < -0.3 is 36.8 Å². The van der Waals surface area contributed by atoms with Crippen LogP contribution < -0.4 is 26.6 Å². The second-order valence-corrected chi connectivity index (χ2v) is 13.3. The number of hydrogen-bond donors (Lipinski definition) is 7. The standard InChI is InChI=1S/C35H45N5O7S/c1-22(2)19-28(39-29(41)20-23-15-17-25(18-16-23)37-34(48)36-24-11-7-6-8-12-24)31(43)40-27(33(46)47)14-10-9-13-26(32(44)45)38-30(42)21-35(3,4)5/h6-8,11-12,15-18,22,26-28H,13-14,19-21H2,1-5H3,(H,38,42)(H,39,41)(H,40,43)(H,44,45)(H,46,47)(H2,36,37,48). The lowest BCUT2D eigenvalue weighted by Crippen LogP contribution is -2.52. The molecule has 0 heterocycles. The first-order chi connectivity index (χ1) is 22.5. The zero-order valence-corrected chi connectivity index (χ0v) is 28.7. The Labute approximate surface area is 286 Å². The van der Waals surface area contributed by atoms with E-state index in [4.69, 9.17) is 12.2 Å². The van der Waals surface area contributed by atoms with E-state index in [2.05, 4.69) is 38.4 Å². The van der Waals surface area contributed by atoms with Crippen molar-refractivity contribution in [3.63, 3.8) is 0 Å². The summed E-state index contributed by atoms with van der Waals surface area (Å²) in [4.78, 5) is 61.7. The maximum absolute atomic E-state index is 13.1. The number of para-hydroxylation sites is 1. The first-order valence-electron chi connectivity index (χ1n) is 15.5. The fraction of sp³-hybridized carbons (Fsp3) is 0.429. The summed E-state index contributed by atoms with van der Waals surface area (Å²) in [5.41, 5.74) is 1.92. The molecule has 48 heavy (non-hydrogen) atoms. The lowest BCUT2D eigenvalue weighted by atomic mass is 9.92. The lowest BCUT2D eigenvalue weighted by molar-refractivity contribution is -0.142. The van der Waals surface area contributed by atoms with E-state index in [0.717, 1.165) is 11.4 Å². The molecule has 0 aliphatic heterocycles. The third-order valence-corrected chi connectivity index (χ3v) is 6.85. The number of carboxylic acids is 2. The highest BCUT2D eigenvalue weighted by atomic mass is 32.1. The van der Waals surface area contributed by atoms with Crippen LogP contribution in [0.15, 0.2) is 54.6 Å². The summed E-state index contributed by atoms with van der Waals surface area (Å²) in [5.74, 6) is 1.05. The van der Waals surface area contributed by atoms with Gasteiger partial charge in [0, 0.05) is 30.6 Å². The number of amides is 3. The van der Waals surface area contributed by atoms with E-state index >= 15 is 0 Å². The fourth-order valence-corrected chi connectivity index (χ4v) is 4.64. The molecule has 3 unspecified atom stereocenters. The number of benzene rings is 2. The van der Waals surface area contributed by atoms with Gasteiger partial charge in [-0.25, -0.2) is 9.59 Å². The normalized spacial score (nSPS) is 12.7. The van der Waals surface area contributed by atoms with Crippen molar-refractivity contribution in [2.75, 3.05) is 10.6 Å². The highest BCUT2D eigenvalue weighted by molar-refractivity contribution is 7.80. The topological polar surface area (TPSA) is 186 Å². The SMILES string of the molecule is CC(C)CC(NC(=O)Cc1ccc(NC(=S)Nc2ccccc2)cc1)C(=O)NC(CC#CCC(NC(=O)CC(C)(C)C)C(=O)O)C(=O)O. The van der Waals surface area contributed by atoms with Crippen LogP contribution in [-0.2, 0) is 30.4 Å². The minimum absolute atomic E-state index is 0.00394. The summed E-state index contributed by atoms with van der Waals surface area (Å²) in [6.45, 7) is 9.28. The van der Waals surface area contributed by atoms with Crippen LogP contribution in [0, 0.1) is 23.2 Å². The molecule has 2 aromatic rings. The van der Waals surface area contributed by atoms with Crippen molar-refractivity contribution in [3.05, 3.63) is 60.2 Å². The molecule has 2 rings (SSSR count). The van der Waals surface area contributed by atoms with Crippen LogP contribution in [0.3, 0.4) is 0 Å². The molecule has 12 nitrogen and oxygen atoms in total. The van der Waals surface area contributed by atoms with Gasteiger partial charge >= 0.3 is 11.9 Å². The molecule has 0 saturated heterocycles. The summed E-state index contributed by atoms with van der Waals surface area (Å²) in [6, 6.07) is 12.9. The zero-order chi connectivity index (χ0) is 35.9. The van der Waals surface area contributed by atoms with Crippen molar-refractivity contribution in [2.45, 2.75) is 84.8 Å². The highest BCUT2D eigenvalue weighted by Gasteiger charge is 2.27. The molecule has 7 N–H and O–H groups in total. The molecule has 3 amide bonds. The van der Waals surface area contributed by atoms with Crippen LogP contribution in [0.5, 0.6) is 0 Å². The Morgan fingerprint density at radius 2 is 1.23 bits per heavy atom. The molecule has 3 atom stereocenters. The molecule has 0 bridgehead atoms. The molecule has 0 fully saturated rings. The summed E-state index contributed by atoms with van der Waals surface area (Å²) >= 11 is 5.35. The molecule has 0 radical (unpaired) electrons. The Balaban J connectivity index is 1.96. The van der Waals surface area contributed by atoms with E-state index in [0.29, 0.717) is 10.7 Å². The number of carbonyl (C=O) groups excluding carboxylic acids is 3. The van der Waals surface area contributed by atoms with Gasteiger partial charge in [-0.1, -0.05) is 65.0 Å². The Kier molecular flexibility index (Phi) is 15.5. The number of carbonyl (C=O) groups is 5. The molecule has 0 aliphatic carbocycles. The van der Waals surface area contributed by atoms with Crippen LogP contribution in [0.1, 0.15) is 65.9 Å². The Bertz CT molecular complexity index is 1500. The van der Waals surface area contributed by atoms with Gasteiger partial charge in [-0.2, -0.15) is 0 Å². The molecule has 0 spiro atoms. The average Bonchev–Trinajstić information content (AvgIpc) is 2.97. The van der Waals surface area contributed by atoms with Gasteiger partial charge in [0.05, 0.1) is 6.42 Å². The predicted molar refractivity (Wildman–Crippen MR) is 188 cm³/mol. The minimum atomic E-state index is -1.40. The average molecular weight is 680 g/mol. The second-order valence-electron chi connectivity index (χ2n) is 12.9. The van der Waals surface area contributed by atoms with Gasteiger partial charge in [0.1, 0.15) is 18.1 Å². The number of nitrogens with one attached hydrogen (secondary N) is 5. The van der Waals surface area contributed by atoms with Gasteiger partial charge in [0.2, 0.25) is 17.7 Å². The Hall–Kier alpha value is -4.96. The minimum Gasteiger partial charge on any atom is -0.480 e. The van der Waals surface area contributed by atoms with Crippen molar-refractivity contribution in [3.8, 4) is 11.8 Å². The van der Waals surface area contributed by atoms with Crippen molar-refractivity contribution in [1.29, 1.82) is 0 Å². The number of thiocarbonyl (C=S) groups is 1. The largest absolute Gasteiger partial charge is 0.480 e. The van der Waals surface area contributed by atoms with Gasteiger partial charge in [-0.3, -0.25) is 14.4 Å². The number of anilines is 2. The van der Waals surface area contributed by atoms with E-state index in [9.17, 15) is 34.2 Å². The van der Waals surface area contributed by atoms with Gasteiger partial charge in [-0.15, -0.1) is 11.8 Å². The first-order valence-corrected chi connectivity index (χ1v) is 16.0. The van der Waals surface area contributed by atoms with Crippen LogP contribution in [0.2, 0.25) is 0 Å². The second kappa shape index (κ2) is 19.0. The number of aliphatic carboxylic acids is 2. The third-order valence-electron chi connectivity index (χ3n) is 6.64. The smallest absolute Gasteiger partial charge is 0.327 e. The van der Waals surface area contributed by atoms with E-state index in [1.165, 1.54) is 0 Å². The fourth-order valence-electron chi connectivity index (χ4n) is 4.40. The molecular weight excluding hydrogens is 634 g/mol. The monoisotopic (exact) mass is 679 g/mol. The molecule has 0 aliphatic rings. The molecule has 0 saturated carbocycles. The summed E-state index contributed by atoms with van der Waals surface area (Å²) in [7, 11) is 0. The quantitative estimate of drug-likeness (QED) is 0.107. The number of hydrogen-bond acceptors (Lipinski definition) is 6. The van der Waals surface area contributed by atoms with Crippen LogP contribution in [0.4, 0.5) is 11.4 Å². The van der Waals surface area contributed by atoms with Crippen molar-refractivity contribution >= 4 is 58.4 Å². The van der Waals surface area contributed by atoms with Crippen molar-refractivity contribution in [1.82, 2.24) is 16.0 Å². The molecule has 0 aromatic heterocycles. The summed E-state index contributed by atoms with van der Waals surface area (Å²) in [6.07, 6.45) is -0.182. The Morgan fingerprint density at radius 1 is 0.729 bits per heavy atom.